The monoisotopic (exact) mass is 356 g/mol. The number of methoxy groups -OCH3 is 1. The van der Waals surface area contributed by atoms with Crippen LogP contribution >= 0.6 is 0 Å². The first kappa shape index (κ1) is 18.2. The fourth-order valence-electron chi connectivity index (χ4n) is 2.18. The third-order valence-corrected chi connectivity index (χ3v) is 5.14. The van der Waals surface area contributed by atoms with E-state index in [1.54, 1.807) is 6.92 Å². The van der Waals surface area contributed by atoms with Gasteiger partial charge in [-0.05, 0) is 38.0 Å². The highest BCUT2D eigenvalue weighted by Gasteiger charge is 2.30. The maximum atomic E-state index is 12.4. The summed E-state index contributed by atoms with van der Waals surface area (Å²) in [7, 11) is -2.47. The lowest BCUT2D eigenvalue weighted by Crippen LogP contribution is -2.35. The van der Waals surface area contributed by atoms with Gasteiger partial charge < -0.3 is 14.7 Å². The van der Waals surface area contributed by atoms with Crippen molar-refractivity contribution in [2.45, 2.75) is 30.7 Å². The lowest BCUT2D eigenvalue weighted by Gasteiger charge is -2.19. The summed E-state index contributed by atoms with van der Waals surface area (Å²) in [5.74, 6) is -1.56. The highest BCUT2D eigenvalue weighted by atomic mass is 32.2. The molecule has 1 amide bonds. The maximum Gasteiger partial charge on any atom is 0.323 e. The Balaban J connectivity index is 2.36. The average Bonchev–Trinajstić information content (AvgIpc) is 3.34. The van der Waals surface area contributed by atoms with Crippen LogP contribution in [-0.2, 0) is 14.8 Å². The van der Waals surface area contributed by atoms with Crippen LogP contribution in [0.3, 0.4) is 0 Å². The smallest absolute Gasteiger partial charge is 0.323 e. The van der Waals surface area contributed by atoms with Crippen molar-refractivity contribution in [1.29, 1.82) is 0 Å². The van der Waals surface area contributed by atoms with Gasteiger partial charge in [-0.2, -0.15) is 0 Å². The van der Waals surface area contributed by atoms with Gasteiger partial charge in [0.25, 0.3) is 5.91 Å². The number of aliphatic carboxylic acids is 1. The van der Waals surface area contributed by atoms with Crippen LogP contribution < -0.4 is 9.46 Å². The minimum Gasteiger partial charge on any atom is -0.495 e. The first-order valence-electron chi connectivity index (χ1n) is 7.50. The standard InChI is InChI=1S/C15H20N2O6S/c1-3-17(9-14(18)19)15(20)10-4-7-12(23-2)13(8-10)24(21,22)16-11-5-6-11/h4,7-8,11,16H,3,5-6,9H2,1-2H3,(H,18,19). The number of hydrogen-bond acceptors (Lipinski definition) is 5. The largest absolute Gasteiger partial charge is 0.495 e. The van der Waals surface area contributed by atoms with Gasteiger partial charge in [0.15, 0.2) is 0 Å². The van der Waals surface area contributed by atoms with Crippen molar-refractivity contribution in [1.82, 2.24) is 9.62 Å². The lowest BCUT2D eigenvalue weighted by molar-refractivity contribution is -0.137. The zero-order valence-corrected chi connectivity index (χ0v) is 14.3. The van der Waals surface area contributed by atoms with Crippen LogP contribution in [0.5, 0.6) is 5.75 Å². The van der Waals surface area contributed by atoms with Crippen molar-refractivity contribution in [3.63, 3.8) is 0 Å². The Labute approximate surface area is 140 Å². The predicted molar refractivity (Wildman–Crippen MR) is 85.6 cm³/mol. The summed E-state index contributed by atoms with van der Waals surface area (Å²) in [4.78, 5) is 24.3. The normalized spacial score (nSPS) is 14.2. The Hall–Kier alpha value is -2.13. The van der Waals surface area contributed by atoms with E-state index in [9.17, 15) is 18.0 Å². The SMILES string of the molecule is CCN(CC(=O)O)C(=O)c1ccc(OC)c(S(=O)(=O)NC2CC2)c1. The molecule has 0 spiro atoms. The maximum absolute atomic E-state index is 12.4. The van der Waals surface area contributed by atoms with Gasteiger partial charge in [-0.1, -0.05) is 0 Å². The zero-order chi connectivity index (χ0) is 17.9. The van der Waals surface area contributed by atoms with E-state index in [1.165, 1.54) is 25.3 Å². The minimum absolute atomic E-state index is 0.0850. The predicted octanol–water partition coefficient (Wildman–Crippen LogP) is 0.683. The molecule has 0 radical (unpaired) electrons. The van der Waals surface area contributed by atoms with E-state index in [0.717, 1.165) is 17.7 Å². The second-order valence-corrected chi connectivity index (χ2v) is 7.16. The fraction of sp³-hybridized carbons (Fsp3) is 0.467. The van der Waals surface area contributed by atoms with Crippen LogP contribution in [-0.4, -0.2) is 56.5 Å². The van der Waals surface area contributed by atoms with Gasteiger partial charge in [-0.3, -0.25) is 9.59 Å². The highest BCUT2D eigenvalue weighted by Crippen LogP contribution is 2.28. The van der Waals surface area contributed by atoms with Gasteiger partial charge in [0, 0.05) is 18.2 Å². The summed E-state index contributed by atoms with van der Waals surface area (Å²) in [6.45, 7) is 1.39. The van der Waals surface area contributed by atoms with Gasteiger partial charge in [0.2, 0.25) is 10.0 Å². The van der Waals surface area contributed by atoms with E-state index >= 15 is 0 Å². The molecular formula is C15H20N2O6S. The van der Waals surface area contributed by atoms with Gasteiger partial charge in [0.1, 0.15) is 17.2 Å². The quantitative estimate of drug-likeness (QED) is 0.708. The molecule has 2 rings (SSSR count). The first-order valence-corrected chi connectivity index (χ1v) is 8.98. The second-order valence-electron chi connectivity index (χ2n) is 5.47. The second kappa shape index (κ2) is 7.18. The molecule has 2 N–H and O–H groups in total. The topological polar surface area (TPSA) is 113 Å². The summed E-state index contributed by atoms with van der Waals surface area (Å²) in [5.41, 5.74) is 0.0927. The molecule has 1 aromatic carbocycles. The minimum atomic E-state index is -3.81. The van der Waals surface area contributed by atoms with E-state index in [2.05, 4.69) is 4.72 Å². The molecule has 8 nitrogen and oxygen atoms in total. The number of nitrogens with zero attached hydrogens (tertiary/aromatic N) is 1. The number of hydrogen-bond donors (Lipinski definition) is 2. The third kappa shape index (κ3) is 4.24. The number of ether oxygens (including phenoxy) is 1. The van der Waals surface area contributed by atoms with E-state index in [-0.39, 0.29) is 28.8 Å². The van der Waals surface area contributed by atoms with Crippen molar-refractivity contribution in [2.24, 2.45) is 0 Å². The van der Waals surface area contributed by atoms with Gasteiger partial charge in [0.05, 0.1) is 7.11 Å². The Kier molecular flexibility index (Phi) is 5.45. The van der Waals surface area contributed by atoms with Crippen LogP contribution in [0, 0.1) is 0 Å². The molecule has 0 saturated heterocycles. The molecule has 1 aromatic rings. The number of sulfonamides is 1. The number of benzene rings is 1. The molecule has 1 saturated carbocycles. The molecule has 0 aliphatic heterocycles. The van der Waals surface area contributed by atoms with Gasteiger partial charge >= 0.3 is 5.97 Å². The molecule has 132 valence electrons. The van der Waals surface area contributed by atoms with E-state index in [0.29, 0.717) is 0 Å². The number of amides is 1. The molecule has 0 heterocycles. The molecular weight excluding hydrogens is 336 g/mol. The Morgan fingerprint density at radius 3 is 2.54 bits per heavy atom. The van der Waals surface area contributed by atoms with Crippen LogP contribution in [0.1, 0.15) is 30.1 Å². The van der Waals surface area contributed by atoms with Crippen LogP contribution in [0.2, 0.25) is 0 Å². The number of carboxylic acid groups (broad SMARTS) is 1. The molecule has 1 aliphatic rings. The Morgan fingerprint density at radius 2 is 2.04 bits per heavy atom. The first-order chi connectivity index (χ1) is 11.3. The molecule has 24 heavy (non-hydrogen) atoms. The van der Waals surface area contributed by atoms with Crippen LogP contribution in [0.25, 0.3) is 0 Å². The van der Waals surface area contributed by atoms with Crippen molar-refractivity contribution < 1.29 is 27.9 Å². The number of carbonyl (C=O) groups is 2. The third-order valence-electron chi connectivity index (χ3n) is 3.59. The molecule has 0 aromatic heterocycles. The summed E-state index contributed by atoms with van der Waals surface area (Å²) >= 11 is 0. The van der Waals surface area contributed by atoms with Gasteiger partial charge in [-0.25, -0.2) is 13.1 Å². The van der Waals surface area contributed by atoms with Gasteiger partial charge in [-0.15, -0.1) is 0 Å². The molecule has 1 fully saturated rings. The Morgan fingerprint density at radius 1 is 1.38 bits per heavy atom. The van der Waals surface area contributed by atoms with E-state index in [1.807, 2.05) is 0 Å². The summed E-state index contributed by atoms with van der Waals surface area (Å²) in [5, 5.41) is 8.86. The molecule has 0 bridgehead atoms. The van der Waals surface area contributed by atoms with E-state index in [4.69, 9.17) is 9.84 Å². The van der Waals surface area contributed by atoms with E-state index < -0.39 is 28.4 Å². The van der Waals surface area contributed by atoms with Crippen LogP contribution in [0.15, 0.2) is 23.1 Å². The number of carboxylic acids is 1. The lowest BCUT2D eigenvalue weighted by atomic mass is 10.2. The number of carbonyl (C=O) groups excluding carboxylic acids is 1. The number of nitrogens with one attached hydrogen (secondary N) is 1. The van der Waals surface area contributed by atoms with Crippen molar-refractivity contribution in [2.75, 3.05) is 20.2 Å². The molecule has 0 unspecified atom stereocenters. The average molecular weight is 356 g/mol. The zero-order valence-electron chi connectivity index (χ0n) is 13.5. The summed E-state index contributed by atoms with van der Waals surface area (Å²) in [6, 6.07) is 3.94. The van der Waals surface area contributed by atoms with Crippen molar-refractivity contribution in [3.8, 4) is 5.75 Å². The molecule has 1 aliphatic carbocycles. The van der Waals surface area contributed by atoms with Crippen LogP contribution in [0.4, 0.5) is 0 Å². The number of rotatable bonds is 8. The highest BCUT2D eigenvalue weighted by molar-refractivity contribution is 7.89. The fourth-order valence-corrected chi connectivity index (χ4v) is 3.68. The number of likely N-dealkylation sites (N-methyl/N-ethyl adjacent to an activating group) is 1. The molecule has 9 heteroatoms. The summed E-state index contributed by atoms with van der Waals surface area (Å²) < 4.78 is 32.5. The Bertz CT molecular complexity index is 742. The van der Waals surface area contributed by atoms with Crippen molar-refractivity contribution >= 4 is 21.9 Å². The summed E-state index contributed by atoms with van der Waals surface area (Å²) in [6.07, 6.45) is 1.56. The molecule has 0 atom stereocenters. The van der Waals surface area contributed by atoms with Crippen molar-refractivity contribution in [3.05, 3.63) is 23.8 Å².